The van der Waals surface area contributed by atoms with Crippen LogP contribution in [0.1, 0.15) is 26.2 Å². The van der Waals surface area contributed by atoms with Crippen LogP contribution in [0.5, 0.6) is 0 Å². The molecule has 0 aliphatic rings. The van der Waals surface area contributed by atoms with Crippen molar-refractivity contribution >= 4 is 16.9 Å². The molecule has 0 bridgehead atoms. The average molecular weight is 196 g/mol. The van der Waals surface area contributed by atoms with Gasteiger partial charge in [0.05, 0.1) is 0 Å². The van der Waals surface area contributed by atoms with Crippen molar-refractivity contribution in [2.45, 2.75) is 37.3 Å². The van der Waals surface area contributed by atoms with Gasteiger partial charge < -0.3 is 0 Å². The molecule has 3 heteroatoms. The Bertz CT molecular complexity index is 66.1. The van der Waals surface area contributed by atoms with Gasteiger partial charge in [-0.15, -0.1) is 0 Å². The first-order valence-corrected chi connectivity index (χ1v) is 4.23. The maximum atomic E-state index is 12.3. The number of unbranched alkanes of at least 4 members (excludes halogenated alkanes) is 1. The summed E-state index contributed by atoms with van der Waals surface area (Å²) in [4.78, 5) is -1.36. The second kappa shape index (κ2) is 5.22. The van der Waals surface area contributed by atoms with Crippen LogP contribution in [-0.4, -0.2) is 28.0 Å². The third-order valence-electron chi connectivity index (χ3n) is 1.13. The van der Waals surface area contributed by atoms with Crippen LogP contribution in [-0.2, 0) is 0 Å². The van der Waals surface area contributed by atoms with E-state index in [0.29, 0.717) is 6.42 Å². The Kier molecular flexibility index (Phi) is 5.47. The summed E-state index contributed by atoms with van der Waals surface area (Å²) < 4.78 is 24.3. The Morgan fingerprint density at radius 3 is 2.33 bits per heavy atom. The fraction of sp³-hybridized carbons (Fsp3) is 1.00. The molecule has 0 aliphatic carbocycles. The number of hydrogen-bond acceptors (Lipinski definition) is 0. The number of rotatable bonds is 4. The molecule has 0 N–H and O–H groups in total. The third-order valence-corrected chi connectivity index (χ3v) is 1.81. The van der Waals surface area contributed by atoms with Gasteiger partial charge in [0.15, 0.2) is 0 Å². The fourth-order valence-electron chi connectivity index (χ4n) is 0.537. The zero-order valence-corrected chi connectivity index (χ0v) is 7.36. The van der Waals surface area contributed by atoms with Crippen LogP contribution >= 0.6 is 0 Å². The minimum absolute atomic E-state index is 0.354. The van der Waals surface area contributed by atoms with E-state index in [9.17, 15) is 8.78 Å². The summed E-state index contributed by atoms with van der Waals surface area (Å²) in [5, 5.41) is 0. The normalized spacial score (nSPS) is 17.3. The molecule has 0 saturated carbocycles. The Morgan fingerprint density at radius 1 is 1.44 bits per heavy atom. The van der Waals surface area contributed by atoms with E-state index >= 15 is 0 Å². The topological polar surface area (TPSA) is 0 Å². The van der Waals surface area contributed by atoms with Crippen LogP contribution in [0, 0.1) is 0 Å². The first-order valence-electron chi connectivity index (χ1n) is 3.14. The van der Waals surface area contributed by atoms with Crippen molar-refractivity contribution in [2.24, 2.45) is 0 Å². The molecule has 0 aromatic rings. The van der Waals surface area contributed by atoms with Gasteiger partial charge >= 0.3 is 63.0 Å². The predicted molar refractivity (Wildman–Crippen MR) is 35.1 cm³/mol. The SMILES string of the molecule is CCCCC(F)C(F)[As+]. The Balaban J connectivity index is 3.16. The van der Waals surface area contributed by atoms with Crippen molar-refractivity contribution in [1.82, 2.24) is 0 Å². The molecule has 0 rings (SSSR count). The van der Waals surface area contributed by atoms with Crippen molar-refractivity contribution in [3.8, 4) is 0 Å². The van der Waals surface area contributed by atoms with Crippen LogP contribution in [0.2, 0.25) is 0 Å². The molecule has 2 atom stereocenters. The maximum absolute atomic E-state index is 12.3. The molecular formula is C6H11AsF2+. The van der Waals surface area contributed by atoms with Crippen molar-refractivity contribution in [2.75, 3.05) is 0 Å². The van der Waals surface area contributed by atoms with E-state index in [4.69, 9.17) is 0 Å². The van der Waals surface area contributed by atoms with Gasteiger partial charge in [-0.3, -0.25) is 0 Å². The quantitative estimate of drug-likeness (QED) is 0.603. The summed E-state index contributed by atoms with van der Waals surface area (Å²) in [5.41, 5.74) is 0. The van der Waals surface area contributed by atoms with Crippen LogP contribution < -0.4 is 0 Å². The molecule has 0 nitrogen and oxygen atoms in total. The molecule has 3 radical (unpaired) electrons. The van der Waals surface area contributed by atoms with Gasteiger partial charge in [0.25, 0.3) is 0 Å². The molecular weight excluding hydrogens is 185 g/mol. The molecule has 0 heterocycles. The third kappa shape index (κ3) is 4.89. The summed E-state index contributed by atoms with van der Waals surface area (Å²) in [6.07, 6.45) is 0.788. The van der Waals surface area contributed by atoms with Gasteiger partial charge in [-0.1, -0.05) is 0 Å². The molecule has 0 spiro atoms. The van der Waals surface area contributed by atoms with Gasteiger partial charge in [0.1, 0.15) is 0 Å². The molecule has 0 aromatic heterocycles. The van der Waals surface area contributed by atoms with Gasteiger partial charge in [-0.25, -0.2) is 0 Å². The molecule has 0 fully saturated rings. The Morgan fingerprint density at radius 2 is 2.00 bits per heavy atom. The summed E-state index contributed by atoms with van der Waals surface area (Å²) in [7, 11) is 0. The van der Waals surface area contributed by atoms with Crippen LogP contribution in [0.4, 0.5) is 8.78 Å². The Labute approximate surface area is 63.5 Å². The van der Waals surface area contributed by atoms with Gasteiger partial charge in [0, 0.05) is 0 Å². The van der Waals surface area contributed by atoms with E-state index in [1.807, 2.05) is 6.92 Å². The van der Waals surface area contributed by atoms with E-state index in [1.165, 1.54) is 0 Å². The summed E-state index contributed by atoms with van der Waals surface area (Å²) in [5.74, 6) is 0. The standard InChI is InChI=1S/C6H11AsF2/c1-2-3-4-5(8)6(7)9/h5-6H,2-4H2,1H3/q+1. The second-order valence-electron chi connectivity index (χ2n) is 2.03. The van der Waals surface area contributed by atoms with Gasteiger partial charge in [-0.2, -0.15) is 0 Å². The predicted octanol–water partition coefficient (Wildman–Crippen LogP) is 1.98. The van der Waals surface area contributed by atoms with Gasteiger partial charge in [-0.05, 0) is 0 Å². The van der Waals surface area contributed by atoms with Crippen molar-refractivity contribution in [3.05, 3.63) is 0 Å². The first kappa shape index (κ1) is 9.42. The Hall–Kier alpha value is 0.418. The van der Waals surface area contributed by atoms with E-state index in [2.05, 4.69) is 0 Å². The van der Waals surface area contributed by atoms with Crippen molar-refractivity contribution in [3.63, 3.8) is 0 Å². The number of alkyl halides is 2. The first-order chi connectivity index (χ1) is 4.18. The summed E-state index contributed by atoms with van der Waals surface area (Å²) in [6, 6.07) is 0. The zero-order chi connectivity index (χ0) is 7.28. The van der Waals surface area contributed by atoms with Crippen molar-refractivity contribution in [1.29, 1.82) is 0 Å². The molecule has 0 aromatic carbocycles. The summed E-state index contributed by atoms with van der Waals surface area (Å²) in [6.45, 7) is 1.96. The molecule has 53 valence electrons. The van der Waals surface area contributed by atoms with E-state index < -0.39 is 11.1 Å². The van der Waals surface area contributed by atoms with E-state index in [1.54, 1.807) is 16.9 Å². The minimum atomic E-state index is -1.36. The monoisotopic (exact) mass is 196 g/mol. The van der Waals surface area contributed by atoms with Crippen molar-refractivity contribution < 1.29 is 8.78 Å². The number of hydrogen-bond donors (Lipinski definition) is 0. The van der Waals surface area contributed by atoms with Crippen LogP contribution in [0.3, 0.4) is 0 Å². The zero-order valence-electron chi connectivity index (χ0n) is 5.48. The summed E-state index contributed by atoms with van der Waals surface area (Å²) >= 11 is 1.69. The second-order valence-corrected chi connectivity index (χ2v) is 3.07. The number of halogens is 2. The average Bonchev–Trinajstić information content (AvgIpc) is 1.82. The molecule has 2 unspecified atom stereocenters. The molecule has 9 heavy (non-hydrogen) atoms. The molecule has 0 aliphatic heterocycles. The van der Waals surface area contributed by atoms with Crippen LogP contribution in [0.15, 0.2) is 0 Å². The van der Waals surface area contributed by atoms with E-state index in [0.717, 1.165) is 12.8 Å². The van der Waals surface area contributed by atoms with Gasteiger partial charge in [0.2, 0.25) is 0 Å². The molecule has 0 saturated heterocycles. The van der Waals surface area contributed by atoms with E-state index in [-0.39, 0.29) is 0 Å². The fourth-order valence-corrected chi connectivity index (χ4v) is 0.849. The van der Waals surface area contributed by atoms with Crippen LogP contribution in [0.25, 0.3) is 0 Å². The molecule has 0 amide bonds.